The lowest BCUT2D eigenvalue weighted by Gasteiger charge is -2.26. The number of methoxy groups -OCH3 is 1. The zero-order valence-electron chi connectivity index (χ0n) is 12.3. The van der Waals surface area contributed by atoms with Gasteiger partial charge in [-0.3, -0.25) is 4.79 Å². The standard InChI is InChI=1S/C14H27NO2/c1-13(2,3)11(15-8-9-17-7)10-12(16)14(4,5)6/h10,15H,8-9H2,1-7H3/b11-10+. The predicted octanol–water partition coefficient (Wildman–Crippen LogP) is 2.77. The number of ketones is 1. The van der Waals surface area contributed by atoms with Crippen molar-refractivity contribution in [2.75, 3.05) is 20.3 Å². The molecule has 0 amide bonds. The van der Waals surface area contributed by atoms with Gasteiger partial charge in [0.05, 0.1) is 6.61 Å². The number of carbonyl (C=O) groups excluding carboxylic acids is 1. The third-order valence-electron chi connectivity index (χ3n) is 2.44. The van der Waals surface area contributed by atoms with Gasteiger partial charge in [-0.1, -0.05) is 41.5 Å². The van der Waals surface area contributed by atoms with Crippen LogP contribution in [0.3, 0.4) is 0 Å². The smallest absolute Gasteiger partial charge is 0.162 e. The highest BCUT2D eigenvalue weighted by atomic mass is 16.5. The van der Waals surface area contributed by atoms with E-state index in [-0.39, 0.29) is 16.6 Å². The minimum atomic E-state index is -0.334. The van der Waals surface area contributed by atoms with Gasteiger partial charge in [-0.25, -0.2) is 0 Å². The molecule has 0 saturated heterocycles. The number of hydrogen-bond acceptors (Lipinski definition) is 3. The fourth-order valence-corrected chi connectivity index (χ4v) is 1.17. The Morgan fingerprint density at radius 2 is 1.65 bits per heavy atom. The third-order valence-corrected chi connectivity index (χ3v) is 2.44. The minimum Gasteiger partial charge on any atom is -0.385 e. The van der Waals surface area contributed by atoms with Gasteiger partial charge in [-0.15, -0.1) is 0 Å². The van der Waals surface area contributed by atoms with Crippen molar-refractivity contribution >= 4 is 5.78 Å². The summed E-state index contributed by atoms with van der Waals surface area (Å²) in [5.41, 5.74) is 0.572. The van der Waals surface area contributed by atoms with Crippen molar-refractivity contribution < 1.29 is 9.53 Å². The van der Waals surface area contributed by atoms with E-state index in [4.69, 9.17) is 4.74 Å². The molecule has 0 radical (unpaired) electrons. The molecule has 0 aromatic heterocycles. The molecule has 3 nitrogen and oxygen atoms in total. The van der Waals surface area contributed by atoms with Crippen LogP contribution in [0.5, 0.6) is 0 Å². The van der Waals surface area contributed by atoms with E-state index in [1.165, 1.54) is 0 Å². The Balaban J connectivity index is 4.81. The Morgan fingerprint density at radius 1 is 1.12 bits per heavy atom. The second-order valence-corrected chi connectivity index (χ2v) is 6.34. The number of allylic oxidation sites excluding steroid dienone is 2. The van der Waals surface area contributed by atoms with Crippen LogP contribution in [-0.4, -0.2) is 26.0 Å². The molecule has 0 fully saturated rings. The van der Waals surface area contributed by atoms with E-state index < -0.39 is 0 Å². The number of nitrogens with one attached hydrogen (secondary N) is 1. The van der Waals surface area contributed by atoms with Crippen molar-refractivity contribution in [2.24, 2.45) is 10.8 Å². The average molecular weight is 241 g/mol. The van der Waals surface area contributed by atoms with Crippen LogP contribution in [0.2, 0.25) is 0 Å². The minimum absolute atomic E-state index is 0.0609. The Labute approximate surface area is 106 Å². The Morgan fingerprint density at radius 3 is 2.00 bits per heavy atom. The van der Waals surface area contributed by atoms with Gasteiger partial charge < -0.3 is 10.1 Å². The molecule has 0 aromatic rings. The van der Waals surface area contributed by atoms with Crippen molar-refractivity contribution in [3.63, 3.8) is 0 Å². The van der Waals surface area contributed by atoms with Crippen LogP contribution >= 0.6 is 0 Å². The summed E-state index contributed by atoms with van der Waals surface area (Å²) in [6.07, 6.45) is 1.73. The van der Waals surface area contributed by atoms with Crippen molar-refractivity contribution in [3.8, 4) is 0 Å². The van der Waals surface area contributed by atoms with E-state index in [0.29, 0.717) is 6.61 Å². The maximum Gasteiger partial charge on any atom is 0.162 e. The maximum absolute atomic E-state index is 12.0. The molecule has 0 rings (SSSR count). The normalized spacial score (nSPS) is 13.7. The van der Waals surface area contributed by atoms with Crippen LogP contribution in [0, 0.1) is 10.8 Å². The maximum atomic E-state index is 12.0. The number of ether oxygens (including phenoxy) is 1. The molecule has 0 aromatic carbocycles. The number of carbonyl (C=O) groups is 1. The second kappa shape index (κ2) is 6.20. The first-order valence-electron chi connectivity index (χ1n) is 6.08. The van der Waals surface area contributed by atoms with Crippen LogP contribution < -0.4 is 5.32 Å². The van der Waals surface area contributed by atoms with E-state index in [2.05, 4.69) is 26.1 Å². The molecule has 0 saturated carbocycles. The van der Waals surface area contributed by atoms with Crippen LogP contribution in [0.1, 0.15) is 41.5 Å². The molecule has 0 heterocycles. The molecule has 0 unspecified atom stereocenters. The van der Waals surface area contributed by atoms with Crippen LogP contribution in [-0.2, 0) is 9.53 Å². The summed E-state index contributed by atoms with van der Waals surface area (Å²) >= 11 is 0. The zero-order chi connectivity index (χ0) is 13.7. The zero-order valence-corrected chi connectivity index (χ0v) is 12.3. The van der Waals surface area contributed by atoms with Crippen LogP contribution in [0.4, 0.5) is 0 Å². The molecular formula is C14H27NO2. The van der Waals surface area contributed by atoms with Gasteiger partial charge in [0.25, 0.3) is 0 Å². The van der Waals surface area contributed by atoms with Crippen LogP contribution in [0.25, 0.3) is 0 Å². The van der Waals surface area contributed by atoms with Gasteiger partial charge >= 0.3 is 0 Å². The fraction of sp³-hybridized carbons (Fsp3) is 0.786. The van der Waals surface area contributed by atoms with Gasteiger partial charge in [0.1, 0.15) is 0 Å². The van der Waals surface area contributed by atoms with Crippen molar-refractivity contribution in [1.29, 1.82) is 0 Å². The largest absolute Gasteiger partial charge is 0.385 e. The highest BCUT2D eigenvalue weighted by molar-refractivity contribution is 5.94. The summed E-state index contributed by atoms with van der Waals surface area (Å²) in [6.45, 7) is 13.4. The summed E-state index contributed by atoms with van der Waals surface area (Å²) in [5.74, 6) is 0.146. The van der Waals surface area contributed by atoms with Crippen molar-refractivity contribution in [1.82, 2.24) is 5.32 Å². The lowest BCUT2D eigenvalue weighted by atomic mass is 9.85. The van der Waals surface area contributed by atoms with Gasteiger partial charge in [-0.05, 0) is 0 Å². The van der Waals surface area contributed by atoms with E-state index in [1.54, 1.807) is 13.2 Å². The number of hydrogen-bond donors (Lipinski definition) is 1. The molecule has 17 heavy (non-hydrogen) atoms. The summed E-state index contributed by atoms with van der Waals surface area (Å²) < 4.78 is 5.00. The quantitative estimate of drug-likeness (QED) is 0.594. The molecule has 1 N–H and O–H groups in total. The summed E-state index contributed by atoms with van der Waals surface area (Å²) in [5, 5.41) is 3.28. The van der Waals surface area contributed by atoms with Gasteiger partial charge in [0.15, 0.2) is 5.78 Å². The molecule has 0 aliphatic rings. The molecule has 0 bridgehead atoms. The number of rotatable bonds is 5. The summed E-state index contributed by atoms with van der Waals surface area (Å²) in [7, 11) is 1.67. The van der Waals surface area contributed by atoms with Crippen molar-refractivity contribution in [2.45, 2.75) is 41.5 Å². The fourth-order valence-electron chi connectivity index (χ4n) is 1.17. The topological polar surface area (TPSA) is 38.3 Å². The van der Waals surface area contributed by atoms with Gasteiger partial charge in [0.2, 0.25) is 0 Å². The first-order chi connectivity index (χ1) is 7.59. The molecule has 3 heteroatoms. The summed E-state index contributed by atoms with van der Waals surface area (Å²) in [6, 6.07) is 0. The molecule has 0 aliphatic heterocycles. The van der Waals surface area contributed by atoms with Crippen molar-refractivity contribution in [3.05, 3.63) is 11.8 Å². The predicted molar refractivity (Wildman–Crippen MR) is 71.9 cm³/mol. The molecule has 0 aliphatic carbocycles. The third kappa shape index (κ3) is 6.47. The lowest BCUT2D eigenvalue weighted by molar-refractivity contribution is -0.121. The lowest BCUT2D eigenvalue weighted by Crippen LogP contribution is -2.30. The molecular weight excluding hydrogens is 214 g/mol. The van der Waals surface area contributed by atoms with Crippen LogP contribution in [0.15, 0.2) is 11.8 Å². The molecule has 0 atom stereocenters. The van der Waals surface area contributed by atoms with E-state index >= 15 is 0 Å². The first-order valence-corrected chi connectivity index (χ1v) is 6.08. The average Bonchev–Trinajstić information content (AvgIpc) is 2.13. The summed E-state index contributed by atoms with van der Waals surface area (Å²) in [4.78, 5) is 12.0. The molecule has 100 valence electrons. The SMILES string of the molecule is COCCN/C(=C/C(=O)C(C)(C)C)C(C)(C)C. The Hall–Kier alpha value is -0.830. The first kappa shape index (κ1) is 16.2. The van der Waals surface area contributed by atoms with Gasteiger partial charge in [-0.2, -0.15) is 0 Å². The van der Waals surface area contributed by atoms with E-state index in [9.17, 15) is 4.79 Å². The Kier molecular flexibility index (Phi) is 5.89. The van der Waals surface area contributed by atoms with E-state index in [0.717, 1.165) is 12.2 Å². The Bertz CT molecular complexity index is 280. The second-order valence-electron chi connectivity index (χ2n) is 6.34. The van der Waals surface area contributed by atoms with E-state index in [1.807, 2.05) is 20.8 Å². The monoisotopic (exact) mass is 241 g/mol. The highest BCUT2D eigenvalue weighted by Crippen LogP contribution is 2.25. The van der Waals surface area contributed by atoms with Gasteiger partial charge in [0, 0.05) is 36.3 Å². The molecule has 0 spiro atoms. The highest BCUT2D eigenvalue weighted by Gasteiger charge is 2.23.